The van der Waals surface area contributed by atoms with Crippen LogP contribution >= 0.6 is 0 Å². The molecule has 0 unspecified atom stereocenters. The van der Waals surface area contributed by atoms with E-state index >= 15 is 0 Å². The van der Waals surface area contributed by atoms with Crippen LogP contribution < -0.4 is 0 Å². The minimum Gasteiger partial charge on any atom is -0.309 e. The zero-order valence-electron chi connectivity index (χ0n) is 11.0. The zero-order valence-corrected chi connectivity index (χ0v) is 11.0. The molecule has 0 amide bonds. The van der Waals surface area contributed by atoms with E-state index in [-0.39, 0.29) is 0 Å². The van der Waals surface area contributed by atoms with Crippen molar-refractivity contribution in [3.05, 3.63) is 35.4 Å². The average Bonchev–Trinajstić information content (AvgIpc) is 2.98. The molecule has 1 nitrogen and oxygen atoms in total. The minimum absolute atomic E-state index is 0.471. The van der Waals surface area contributed by atoms with Gasteiger partial charge in [0.1, 0.15) is 0 Å². The summed E-state index contributed by atoms with van der Waals surface area (Å²) in [7, 11) is 4.34. The Hall–Kier alpha value is -0.820. The molecule has 0 heterocycles. The predicted octanol–water partition coefficient (Wildman–Crippen LogP) is 3.40. The Labute approximate surface area is 99.5 Å². The SMILES string of the molecule is CC(C)c1ccc(C2(CN(C)C)CC2)cc1. The fourth-order valence-corrected chi connectivity index (χ4v) is 2.52. The van der Waals surface area contributed by atoms with Crippen LogP contribution in [0.1, 0.15) is 43.7 Å². The molecule has 0 atom stereocenters. The van der Waals surface area contributed by atoms with Crippen LogP contribution in [0.2, 0.25) is 0 Å². The lowest BCUT2D eigenvalue weighted by molar-refractivity contribution is 0.362. The van der Waals surface area contributed by atoms with E-state index < -0.39 is 0 Å². The van der Waals surface area contributed by atoms with Crippen molar-refractivity contribution in [2.75, 3.05) is 20.6 Å². The van der Waals surface area contributed by atoms with Crippen LogP contribution in [0.25, 0.3) is 0 Å². The summed E-state index contributed by atoms with van der Waals surface area (Å²) in [4.78, 5) is 2.31. The molecule has 0 saturated heterocycles. The van der Waals surface area contributed by atoms with Crippen LogP contribution in [0.4, 0.5) is 0 Å². The second-order valence-electron chi connectivity index (χ2n) is 5.79. The third-order valence-electron chi connectivity index (χ3n) is 3.66. The van der Waals surface area contributed by atoms with Gasteiger partial charge < -0.3 is 4.90 Å². The molecule has 0 bridgehead atoms. The standard InChI is InChI=1S/C15H23N/c1-12(2)13-5-7-14(8-6-13)15(9-10-15)11-16(3)4/h5-8,12H,9-11H2,1-4H3. The van der Waals surface area contributed by atoms with Gasteiger partial charge in [0, 0.05) is 12.0 Å². The molecular formula is C15H23N. The Balaban J connectivity index is 2.15. The van der Waals surface area contributed by atoms with Gasteiger partial charge in [0.2, 0.25) is 0 Å². The second kappa shape index (κ2) is 4.21. The van der Waals surface area contributed by atoms with Gasteiger partial charge in [-0.05, 0) is 44.0 Å². The second-order valence-corrected chi connectivity index (χ2v) is 5.79. The molecule has 0 spiro atoms. The van der Waals surface area contributed by atoms with E-state index in [4.69, 9.17) is 0 Å². The highest BCUT2D eigenvalue weighted by atomic mass is 15.1. The number of benzene rings is 1. The van der Waals surface area contributed by atoms with Gasteiger partial charge in [-0.15, -0.1) is 0 Å². The highest BCUT2D eigenvalue weighted by molar-refractivity contribution is 5.35. The fraction of sp³-hybridized carbons (Fsp3) is 0.600. The van der Waals surface area contributed by atoms with Crippen molar-refractivity contribution in [2.24, 2.45) is 0 Å². The smallest absolute Gasteiger partial charge is 0.00807 e. The van der Waals surface area contributed by atoms with Gasteiger partial charge in [-0.2, -0.15) is 0 Å². The summed E-state index contributed by atoms with van der Waals surface area (Å²) >= 11 is 0. The third kappa shape index (κ3) is 2.30. The first-order valence-electron chi connectivity index (χ1n) is 6.29. The van der Waals surface area contributed by atoms with Gasteiger partial charge in [0.15, 0.2) is 0 Å². The molecule has 1 aliphatic carbocycles. The Kier molecular flexibility index (Phi) is 3.07. The largest absolute Gasteiger partial charge is 0.309 e. The van der Waals surface area contributed by atoms with Crippen LogP contribution in [-0.2, 0) is 5.41 Å². The normalized spacial score (nSPS) is 18.1. The Bertz CT molecular complexity index is 344. The maximum Gasteiger partial charge on any atom is 0.00807 e. The molecule has 1 saturated carbocycles. The number of hydrogen-bond donors (Lipinski definition) is 0. The number of hydrogen-bond acceptors (Lipinski definition) is 1. The molecule has 0 N–H and O–H groups in total. The minimum atomic E-state index is 0.471. The molecule has 0 aromatic heterocycles. The molecule has 1 fully saturated rings. The third-order valence-corrected chi connectivity index (χ3v) is 3.66. The van der Waals surface area contributed by atoms with Crippen LogP contribution in [0, 0.1) is 0 Å². The molecule has 1 aliphatic rings. The fourth-order valence-electron chi connectivity index (χ4n) is 2.52. The maximum absolute atomic E-state index is 2.34. The van der Waals surface area contributed by atoms with Crippen molar-refractivity contribution in [3.63, 3.8) is 0 Å². The highest BCUT2D eigenvalue weighted by Crippen LogP contribution is 2.48. The van der Waals surface area contributed by atoms with Gasteiger partial charge in [0.05, 0.1) is 0 Å². The number of likely N-dealkylation sites (N-methyl/N-ethyl adjacent to an activating group) is 1. The molecular weight excluding hydrogens is 194 g/mol. The van der Waals surface area contributed by atoms with E-state index in [2.05, 4.69) is 57.1 Å². The monoisotopic (exact) mass is 217 g/mol. The Morgan fingerprint density at radius 1 is 1.12 bits per heavy atom. The highest BCUT2D eigenvalue weighted by Gasteiger charge is 2.44. The molecule has 2 rings (SSSR count). The lowest BCUT2D eigenvalue weighted by atomic mass is 9.92. The quantitative estimate of drug-likeness (QED) is 0.747. The van der Waals surface area contributed by atoms with Gasteiger partial charge in [-0.3, -0.25) is 0 Å². The Morgan fingerprint density at radius 2 is 1.69 bits per heavy atom. The molecule has 0 aliphatic heterocycles. The first kappa shape index (κ1) is 11.7. The van der Waals surface area contributed by atoms with Crippen LogP contribution in [-0.4, -0.2) is 25.5 Å². The van der Waals surface area contributed by atoms with E-state index in [1.165, 1.54) is 30.5 Å². The summed E-state index contributed by atoms with van der Waals surface area (Å²) in [5.41, 5.74) is 3.45. The molecule has 0 radical (unpaired) electrons. The van der Waals surface area contributed by atoms with Crippen LogP contribution in [0.15, 0.2) is 24.3 Å². The molecule has 16 heavy (non-hydrogen) atoms. The van der Waals surface area contributed by atoms with E-state index in [0.29, 0.717) is 11.3 Å². The molecule has 1 aromatic carbocycles. The molecule has 1 aromatic rings. The van der Waals surface area contributed by atoms with Crippen molar-refractivity contribution < 1.29 is 0 Å². The van der Waals surface area contributed by atoms with Crippen molar-refractivity contribution in [2.45, 2.75) is 38.0 Å². The Morgan fingerprint density at radius 3 is 2.06 bits per heavy atom. The lowest BCUT2D eigenvalue weighted by Gasteiger charge is -2.21. The van der Waals surface area contributed by atoms with Crippen LogP contribution in [0.3, 0.4) is 0 Å². The lowest BCUT2D eigenvalue weighted by Crippen LogP contribution is -2.25. The summed E-state index contributed by atoms with van der Waals surface area (Å²) in [5, 5.41) is 0. The first-order valence-corrected chi connectivity index (χ1v) is 6.29. The van der Waals surface area contributed by atoms with Gasteiger partial charge in [0.25, 0.3) is 0 Å². The van der Waals surface area contributed by atoms with Crippen molar-refractivity contribution in [1.82, 2.24) is 4.90 Å². The van der Waals surface area contributed by atoms with E-state index in [9.17, 15) is 0 Å². The summed E-state index contributed by atoms with van der Waals surface area (Å²) in [6, 6.07) is 9.28. The summed E-state index contributed by atoms with van der Waals surface area (Å²) in [5.74, 6) is 0.637. The molecule has 1 heteroatoms. The number of nitrogens with zero attached hydrogens (tertiary/aromatic N) is 1. The summed E-state index contributed by atoms with van der Waals surface area (Å²) < 4.78 is 0. The van der Waals surface area contributed by atoms with Crippen molar-refractivity contribution in [3.8, 4) is 0 Å². The van der Waals surface area contributed by atoms with Gasteiger partial charge in [-0.1, -0.05) is 38.1 Å². The van der Waals surface area contributed by atoms with Gasteiger partial charge in [-0.25, -0.2) is 0 Å². The van der Waals surface area contributed by atoms with E-state index in [1.54, 1.807) is 0 Å². The summed E-state index contributed by atoms with van der Waals surface area (Å²) in [6.45, 7) is 5.69. The topological polar surface area (TPSA) is 3.24 Å². The van der Waals surface area contributed by atoms with Crippen molar-refractivity contribution in [1.29, 1.82) is 0 Å². The first-order chi connectivity index (χ1) is 7.53. The van der Waals surface area contributed by atoms with E-state index in [1.807, 2.05) is 0 Å². The summed E-state index contributed by atoms with van der Waals surface area (Å²) in [6.07, 6.45) is 2.71. The number of rotatable bonds is 4. The predicted molar refractivity (Wildman–Crippen MR) is 70.0 cm³/mol. The maximum atomic E-state index is 2.34. The van der Waals surface area contributed by atoms with E-state index in [0.717, 1.165) is 0 Å². The average molecular weight is 217 g/mol. The van der Waals surface area contributed by atoms with Gasteiger partial charge >= 0.3 is 0 Å². The van der Waals surface area contributed by atoms with Crippen molar-refractivity contribution >= 4 is 0 Å². The molecule has 88 valence electrons. The van der Waals surface area contributed by atoms with Crippen LogP contribution in [0.5, 0.6) is 0 Å². The zero-order chi connectivity index (χ0) is 11.8.